The number of aliphatic hydroxyl groups is 4. The molecule has 17 heteroatoms. The van der Waals surface area contributed by atoms with Crippen LogP contribution >= 0.6 is 0 Å². The molecule has 2 fully saturated rings. The molecule has 260 valence electrons. The molecule has 2 saturated heterocycles. The van der Waals surface area contributed by atoms with Gasteiger partial charge in [-0.1, -0.05) is 0 Å². The van der Waals surface area contributed by atoms with Crippen LogP contribution in [-0.2, 0) is 28.5 Å². The van der Waals surface area contributed by atoms with Crippen molar-refractivity contribution in [2.45, 2.75) is 89.1 Å². The zero-order valence-electron chi connectivity index (χ0n) is 25.9. The lowest BCUT2D eigenvalue weighted by atomic mass is 9.99. The first-order chi connectivity index (χ1) is 22.6. The van der Waals surface area contributed by atoms with Crippen molar-refractivity contribution in [2.75, 3.05) is 0 Å². The fraction of sp³-hybridized carbons (Fsp3) is 0.452. The first-order valence-corrected chi connectivity index (χ1v) is 14.6. The van der Waals surface area contributed by atoms with Gasteiger partial charge in [-0.15, -0.1) is 0 Å². The molecule has 0 saturated carbocycles. The topological polar surface area (TPSA) is 261 Å². The number of esters is 2. The molecule has 48 heavy (non-hydrogen) atoms. The van der Waals surface area contributed by atoms with Crippen LogP contribution < -0.4 is 14.9 Å². The van der Waals surface area contributed by atoms with Crippen LogP contribution in [0.15, 0.2) is 39.5 Å². The molecule has 1 aromatic heterocycles. The Hall–Kier alpha value is -4.65. The highest BCUT2D eigenvalue weighted by Gasteiger charge is 2.49. The minimum absolute atomic E-state index is 0.0326. The van der Waals surface area contributed by atoms with Crippen molar-refractivity contribution in [1.29, 1.82) is 0 Å². The monoisotopic (exact) mass is 678 g/mol. The third-order valence-electron chi connectivity index (χ3n) is 7.79. The summed E-state index contributed by atoms with van der Waals surface area (Å²) in [6.45, 7) is 5.05. The van der Waals surface area contributed by atoms with Gasteiger partial charge in [-0.25, -0.2) is 0 Å². The van der Waals surface area contributed by atoms with Crippen LogP contribution in [0.2, 0.25) is 0 Å². The van der Waals surface area contributed by atoms with Gasteiger partial charge in [0.15, 0.2) is 35.6 Å². The van der Waals surface area contributed by atoms with Crippen molar-refractivity contribution in [2.24, 2.45) is 0 Å². The number of benzene rings is 2. The van der Waals surface area contributed by atoms with E-state index in [1.54, 1.807) is 0 Å². The second kappa shape index (κ2) is 13.5. The van der Waals surface area contributed by atoms with Crippen molar-refractivity contribution < 1.29 is 78.2 Å². The third kappa shape index (κ3) is 6.69. The van der Waals surface area contributed by atoms with Gasteiger partial charge >= 0.3 is 11.9 Å². The van der Waals surface area contributed by atoms with Gasteiger partial charge in [0, 0.05) is 31.5 Å². The summed E-state index contributed by atoms with van der Waals surface area (Å²) in [5, 5.41) is 72.2. The van der Waals surface area contributed by atoms with Gasteiger partial charge in [0.1, 0.15) is 40.8 Å². The van der Waals surface area contributed by atoms with Crippen LogP contribution in [0, 0.1) is 0 Å². The van der Waals surface area contributed by atoms with E-state index in [9.17, 15) is 50.1 Å². The van der Waals surface area contributed by atoms with Gasteiger partial charge < -0.3 is 68.6 Å². The zero-order chi connectivity index (χ0) is 35.2. The highest BCUT2D eigenvalue weighted by atomic mass is 16.7. The number of aliphatic hydroxyl groups excluding tert-OH is 4. The Morgan fingerprint density at radius 3 is 1.98 bits per heavy atom. The van der Waals surface area contributed by atoms with Gasteiger partial charge in [-0.05, 0) is 32.0 Å². The molecule has 0 spiro atoms. The molecule has 3 heterocycles. The number of hydrogen-bond acceptors (Lipinski definition) is 17. The molecule has 7 N–H and O–H groups in total. The van der Waals surface area contributed by atoms with Crippen molar-refractivity contribution in [3.8, 4) is 40.1 Å². The number of phenolic OH excluding ortho intramolecular Hbond substituents is 3. The summed E-state index contributed by atoms with van der Waals surface area (Å²) in [6, 6.07) is 5.52. The van der Waals surface area contributed by atoms with Gasteiger partial charge in [0.25, 0.3) is 0 Å². The number of hydrogen-bond donors (Lipinski definition) is 7. The molecule has 2 aromatic carbocycles. The lowest BCUT2D eigenvalue weighted by Gasteiger charge is -2.41. The van der Waals surface area contributed by atoms with Crippen LogP contribution in [0.25, 0.3) is 22.3 Å². The molecule has 2 aliphatic rings. The average molecular weight is 679 g/mol. The summed E-state index contributed by atoms with van der Waals surface area (Å²) >= 11 is 0. The molecular weight excluding hydrogens is 644 g/mol. The van der Waals surface area contributed by atoms with Crippen molar-refractivity contribution in [3.05, 3.63) is 40.6 Å². The van der Waals surface area contributed by atoms with E-state index in [-0.39, 0.29) is 16.9 Å². The molecule has 0 aliphatic carbocycles. The highest BCUT2D eigenvalue weighted by molar-refractivity contribution is 5.88. The first-order valence-electron chi connectivity index (χ1n) is 14.6. The summed E-state index contributed by atoms with van der Waals surface area (Å²) in [4.78, 5) is 37.6. The van der Waals surface area contributed by atoms with Crippen LogP contribution in [0.3, 0.4) is 0 Å². The number of rotatable bonds is 7. The predicted molar refractivity (Wildman–Crippen MR) is 158 cm³/mol. The second-order valence-electron chi connectivity index (χ2n) is 11.4. The number of fused-ring (bicyclic) bond motifs is 1. The van der Waals surface area contributed by atoms with Crippen LogP contribution in [0.4, 0.5) is 0 Å². The molecule has 0 bridgehead atoms. The Balaban J connectivity index is 1.59. The van der Waals surface area contributed by atoms with E-state index in [2.05, 4.69) is 0 Å². The second-order valence-corrected chi connectivity index (χ2v) is 11.4. The lowest BCUT2D eigenvalue weighted by molar-refractivity contribution is -0.276. The van der Waals surface area contributed by atoms with Gasteiger partial charge in [0.2, 0.25) is 23.8 Å². The van der Waals surface area contributed by atoms with Crippen LogP contribution in [0.5, 0.6) is 28.7 Å². The highest BCUT2D eigenvalue weighted by Crippen LogP contribution is 2.40. The largest absolute Gasteiger partial charge is 0.507 e. The predicted octanol–water partition coefficient (Wildman–Crippen LogP) is 0.131. The molecule has 5 rings (SSSR count). The van der Waals surface area contributed by atoms with Crippen molar-refractivity contribution in [1.82, 2.24) is 0 Å². The molecule has 10 atom stereocenters. The normalized spacial score (nSPS) is 30.4. The minimum Gasteiger partial charge on any atom is -0.507 e. The summed E-state index contributed by atoms with van der Waals surface area (Å²) in [7, 11) is 0. The number of aromatic hydroxyl groups is 3. The smallest absolute Gasteiger partial charge is 0.303 e. The van der Waals surface area contributed by atoms with Gasteiger partial charge in [0.05, 0.1) is 12.2 Å². The average Bonchev–Trinajstić information content (AvgIpc) is 3.01. The molecule has 17 nitrogen and oxygen atoms in total. The maximum atomic E-state index is 14.0. The molecule has 0 amide bonds. The maximum Gasteiger partial charge on any atom is 0.303 e. The lowest BCUT2D eigenvalue weighted by Crippen LogP contribution is -2.61. The molecular formula is C31H34O17. The molecule has 0 unspecified atom stereocenters. The Morgan fingerprint density at radius 1 is 0.708 bits per heavy atom. The fourth-order valence-electron chi connectivity index (χ4n) is 5.41. The molecule has 2 aliphatic heterocycles. The van der Waals surface area contributed by atoms with E-state index in [1.165, 1.54) is 19.9 Å². The number of carbonyl (C=O) groups is 2. The number of ether oxygens (including phenoxy) is 6. The van der Waals surface area contributed by atoms with E-state index < -0.39 is 113 Å². The standard InChI is InChI=1S/C31H34O17/c1-10-21(37)23(39)24(40)30(42-10)46-15-8-18(36)20-19(9-15)47-27(14-5-6-16(34)17(35)7-14)28(22(20)38)48-31-25(41)29(45-13(4)33)26(11(2)43-31)44-12(3)32/h5-11,21,23-26,29-31,34-37,39-41H,1-4H3/t10-,11+,21+,23-,24-,25-,26+,29+,30+,31+/m0/s1. The van der Waals surface area contributed by atoms with Crippen molar-refractivity contribution >= 4 is 22.9 Å². The van der Waals surface area contributed by atoms with E-state index in [0.29, 0.717) is 0 Å². The summed E-state index contributed by atoms with van der Waals surface area (Å²) < 4.78 is 39.0. The first kappa shape index (κ1) is 34.7. The van der Waals surface area contributed by atoms with E-state index in [4.69, 9.17) is 32.8 Å². The maximum absolute atomic E-state index is 14.0. The van der Waals surface area contributed by atoms with E-state index in [1.807, 2.05) is 0 Å². The Kier molecular flexibility index (Phi) is 9.72. The Morgan fingerprint density at radius 2 is 1.33 bits per heavy atom. The minimum atomic E-state index is -1.84. The molecule has 3 aromatic rings. The number of carbonyl (C=O) groups excluding carboxylic acids is 2. The zero-order valence-corrected chi connectivity index (χ0v) is 25.9. The van der Waals surface area contributed by atoms with E-state index >= 15 is 0 Å². The third-order valence-corrected chi connectivity index (χ3v) is 7.79. The molecule has 0 radical (unpaired) electrons. The van der Waals surface area contributed by atoms with Gasteiger partial charge in [-0.3, -0.25) is 14.4 Å². The summed E-state index contributed by atoms with van der Waals surface area (Å²) in [5.41, 5.74) is -1.36. The summed E-state index contributed by atoms with van der Waals surface area (Å²) in [5.74, 6) is -4.65. The number of phenols is 3. The quantitative estimate of drug-likeness (QED) is 0.129. The van der Waals surface area contributed by atoms with Crippen LogP contribution in [0.1, 0.15) is 27.7 Å². The van der Waals surface area contributed by atoms with Crippen molar-refractivity contribution in [3.63, 3.8) is 0 Å². The Labute approximate surface area is 271 Å². The fourth-order valence-corrected chi connectivity index (χ4v) is 5.41. The Bertz CT molecular complexity index is 1750. The van der Waals surface area contributed by atoms with Gasteiger partial charge in [-0.2, -0.15) is 0 Å². The summed E-state index contributed by atoms with van der Waals surface area (Å²) in [6.07, 6.45) is -14.6. The van der Waals surface area contributed by atoms with E-state index in [0.717, 1.165) is 38.1 Å². The van der Waals surface area contributed by atoms with Crippen LogP contribution in [-0.4, -0.2) is 109 Å². The SMILES string of the molecule is CC(=O)O[C@@H]1[C@H](O)[C@@H](Oc2c(-c3ccc(O)c(O)c3)oc3cc(O[C@H]4O[C@@H](C)[C@@H](O)[C@H](O)[C@@H]4O)cc(O)c3c2=O)O[C@H](C)[C@H]1OC(C)=O.